The lowest BCUT2D eigenvalue weighted by atomic mass is 10.2. The highest BCUT2D eigenvalue weighted by molar-refractivity contribution is 7.92. The highest BCUT2D eigenvalue weighted by atomic mass is 32.2. The van der Waals surface area contributed by atoms with Gasteiger partial charge in [0, 0.05) is 19.3 Å². The van der Waals surface area contributed by atoms with Gasteiger partial charge in [-0.1, -0.05) is 6.92 Å². The Morgan fingerprint density at radius 1 is 1.22 bits per heavy atom. The molecular formula is C13H25NO3S. The second-order valence-corrected chi connectivity index (χ2v) is 7.87. The highest BCUT2D eigenvalue weighted by Crippen LogP contribution is 2.34. The van der Waals surface area contributed by atoms with E-state index in [0.717, 1.165) is 13.0 Å². The molecule has 2 rings (SSSR count). The zero-order chi connectivity index (χ0) is 13.0. The van der Waals surface area contributed by atoms with Crippen molar-refractivity contribution in [2.45, 2.75) is 50.3 Å². The van der Waals surface area contributed by atoms with Crippen LogP contribution in [-0.4, -0.2) is 45.2 Å². The summed E-state index contributed by atoms with van der Waals surface area (Å²) in [5, 5.41) is 3.25. The first-order valence-electron chi connectivity index (χ1n) is 7.16. The predicted octanol–water partition coefficient (Wildman–Crippen LogP) is 1.36. The molecular weight excluding hydrogens is 250 g/mol. The van der Waals surface area contributed by atoms with Gasteiger partial charge in [0.1, 0.15) is 0 Å². The Balaban J connectivity index is 1.91. The van der Waals surface area contributed by atoms with Crippen LogP contribution in [0.2, 0.25) is 0 Å². The van der Waals surface area contributed by atoms with E-state index < -0.39 is 9.84 Å². The zero-order valence-corrected chi connectivity index (χ0v) is 12.0. The van der Waals surface area contributed by atoms with Gasteiger partial charge in [0.25, 0.3) is 0 Å². The standard InChI is InChI=1S/C13H25NO3S/c1-2-7-14-13(11-3-4-11)10-18(15,16)12-5-8-17-9-6-12/h11-14H,2-10H2,1H3. The summed E-state index contributed by atoms with van der Waals surface area (Å²) >= 11 is 0. The van der Waals surface area contributed by atoms with Gasteiger partial charge in [0.05, 0.1) is 11.0 Å². The molecule has 0 bridgehead atoms. The van der Waals surface area contributed by atoms with Crippen molar-refractivity contribution >= 4 is 9.84 Å². The summed E-state index contributed by atoms with van der Waals surface area (Å²) < 4.78 is 30.0. The third-order valence-corrected chi connectivity index (χ3v) is 6.25. The molecule has 2 aliphatic rings. The molecule has 1 unspecified atom stereocenters. The van der Waals surface area contributed by atoms with E-state index in [9.17, 15) is 8.42 Å². The van der Waals surface area contributed by atoms with Gasteiger partial charge in [0.2, 0.25) is 0 Å². The lowest BCUT2D eigenvalue weighted by molar-refractivity contribution is 0.0983. The Bertz CT molecular complexity index is 345. The third-order valence-electron chi connectivity index (χ3n) is 3.94. The van der Waals surface area contributed by atoms with Gasteiger partial charge in [0.15, 0.2) is 9.84 Å². The predicted molar refractivity (Wildman–Crippen MR) is 72.4 cm³/mol. The quantitative estimate of drug-likeness (QED) is 0.762. The lowest BCUT2D eigenvalue weighted by Gasteiger charge is -2.25. The summed E-state index contributed by atoms with van der Waals surface area (Å²) in [5.41, 5.74) is 0. The van der Waals surface area contributed by atoms with E-state index in [1.54, 1.807) is 0 Å². The fraction of sp³-hybridized carbons (Fsp3) is 1.00. The monoisotopic (exact) mass is 275 g/mol. The van der Waals surface area contributed by atoms with Gasteiger partial charge < -0.3 is 10.1 Å². The Labute approximate surface area is 110 Å². The Hall–Kier alpha value is -0.130. The van der Waals surface area contributed by atoms with E-state index in [4.69, 9.17) is 4.74 Å². The van der Waals surface area contributed by atoms with Crippen LogP contribution in [0.3, 0.4) is 0 Å². The minimum absolute atomic E-state index is 0.170. The van der Waals surface area contributed by atoms with Crippen LogP contribution in [0.4, 0.5) is 0 Å². The number of sulfone groups is 1. The second kappa shape index (κ2) is 6.35. The number of rotatable bonds is 7. The Morgan fingerprint density at radius 2 is 1.89 bits per heavy atom. The van der Waals surface area contributed by atoms with Crippen LogP contribution in [0.1, 0.15) is 39.0 Å². The van der Waals surface area contributed by atoms with Crippen LogP contribution in [0.15, 0.2) is 0 Å². The van der Waals surface area contributed by atoms with E-state index in [0.29, 0.717) is 37.7 Å². The lowest BCUT2D eigenvalue weighted by Crippen LogP contribution is -2.42. The molecule has 0 aromatic heterocycles. The van der Waals surface area contributed by atoms with Crippen molar-refractivity contribution in [2.24, 2.45) is 5.92 Å². The molecule has 0 amide bonds. The zero-order valence-electron chi connectivity index (χ0n) is 11.2. The smallest absolute Gasteiger partial charge is 0.154 e. The van der Waals surface area contributed by atoms with Gasteiger partial charge in [-0.15, -0.1) is 0 Å². The molecule has 1 aliphatic heterocycles. The fourth-order valence-electron chi connectivity index (χ4n) is 2.61. The van der Waals surface area contributed by atoms with Crippen LogP contribution >= 0.6 is 0 Å². The number of nitrogens with one attached hydrogen (secondary N) is 1. The van der Waals surface area contributed by atoms with Crippen molar-refractivity contribution in [1.82, 2.24) is 5.32 Å². The molecule has 0 aromatic carbocycles. The maximum atomic E-state index is 12.4. The second-order valence-electron chi connectivity index (χ2n) is 5.54. The van der Waals surface area contributed by atoms with E-state index in [-0.39, 0.29) is 11.3 Å². The molecule has 0 spiro atoms. The first-order valence-corrected chi connectivity index (χ1v) is 8.87. The number of hydrogen-bond donors (Lipinski definition) is 1. The molecule has 0 radical (unpaired) electrons. The van der Waals surface area contributed by atoms with Gasteiger partial charge in [-0.05, 0) is 44.6 Å². The van der Waals surface area contributed by atoms with E-state index >= 15 is 0 Å². The molecule has 0 aromatic rings. The highest BCUT2D eigenvalue weighted by Gasteiger charge is 2.37. The van der Waals surface area contributed by atoms with E-state index in [2.05, 4.69) is 12.2 Å². The number of hydrogen-bond acceptors (Lipinski definition) is 4. The van der Waals surface area contributed by atoms with Gasteiger partial charge >= 0.3 is 0 Å². The summed E-state index contributed by atoms with van der Waals surface area (Å²) in [6.07, 6.45) is 4.77. The molecule has 106 valence electrons. The summed E-state index contributed by atoms with van der Waals surface area (Å²) in [5.74, 6) is 0.911. The average Bonchev–Trinajstić information content (AvgIpc) is 3.20. The first-order chi connectivity index (χ1) is 8.63. The molecule has 1 saturated carbocycles. The minimum atomic E-state index is -2.96. The van der Waals surface area contributed by atoms with Crippen LogP contribution in [0.25, 0.3) is 0 Å². The maximum Gasteiger partial charge on any atom is 0.154 e. The average molecular weight is 275 g/mol. The van der Waals surface area contributed by atoms with E-state index in [1.807, 2.05) is 0 Å². The molecule has 4 nitrogen and oxygen atoms in total. The van der Waals surface area contributed by atoms with Crippen LogP contribution in [0, 0.1) is 5.92 Å². The van der Waals surface area contributed by atoms with Gasteiger partial charge in [-0.3, -0.25) is 0 Å². The SMILES string of the molecule is CCCNC(CS(=O)(=O)C1CCOCC1)C1CC1. The van der Waals surface area contributed by atoms with Crippen molar-refractivity contribution < 1.29 is 13.2 Å². The Kier molecular flexibility index (Phi) is 5.04. The maximum absolute atomic E-state index is 12.4. The molecule has 1 N–H and O–H groups in total. The molecule has 1 aliphatic carbocycles. The molecule has 1 heterocycles. The Morgan fingerprint density at radius 3 is 2.44 bits per heavy atom. The molecule has 1 saturated heterocycles. The van der Waals surface area contributed by atoms with Crippen LogP contribution in [-0.2, 0) is 14.6 Å². The van der Waals surface area contributed by atoms with Crippen molar-refractivity contribution in [1.29, 1.82) is 0 Å². The van der Waals surface area contributed by atoms with Crippen molar-refractivity contribution in [3.63, 3.8) is 0 Å². The topological polar surface area (TPSA) is 55.4 Å². The summed E-state index contributed by atoms with van der Waals surface area (Å²) in [4.78, 5) is 0. The van der Waals surface area contributed by atoms with Crippen LogP contribution < -0.4 is 5.32 Å². The van der Waals surface area contributed by atoms with Gasteiger partial charge in [-0.2, -0.15) is 0 Å². The summed E-state index contributed by atoms with van der Waals surface area (Å²) in [6.45, 7) is 4.23. The van der Waals surface area contributed by atoms with Gasteiger partial charge in [-0.25, -0.2) is 8.42 Å². The molecule has 1 atom stereocenters. The molecule has 5 heteroatoms. The molecule has 2 fully saturated rings. The van der Waals surface area contributed by atoms with E-state index in [1.165, 1.54) is 12.8 Å². The van der Waals surface area contributed by atoms with Crippen molar-refractivity contribution in [3.05, 3.63) is 0 Å². The van der Waals surface area contributed by atoms with Crippen molar-refractivity contribution in [3.8, 4) is 0 Å². The summed E-state index contributed by atoms with van der Waals surface area (Å²) in [7, 11) is -2.96. The fourth-order valence-corrected chi connectivity index (χ4v) is 4.68. The van der Waals surface area contributed by atoms with Crippen LogP contribution in [0.5, 0.6) is 0 Å². The largest absolute Gasteiger partial charge is 0.381 e. The third kappa shape index (κ3) is 3.93. The number of ether oxygens (including phenoxy) is 1. The summed E-state index contributed by atoms with van der Waals surface area (Å²) in [6, 6.07) is 0.179. The normalized spacial score (nSPS) is 24.1. The first kappa shape index (κ1) is 14.3. The molecule has 18 heavy (non-hydrogen) atoms. The minimum Gasteiger partial charge on any atom is -0.381 e. The van der Waals surface area contributed by atoms with Crippen molar-refractivity contribution in [2.75, 3.05) is 25.5 Å².